The number of aryl methyl sites for hydroxylation is 1. The van der Waals surface area contributed by atoms with E-state index in [1.807, 2.05) is 6.92 Å². The smallest absolute Gasteiger partial charge is 0.344 e. The number of benzene rings is 1. The second-order valence-corrected chi connectivity index (χ2v) is 4.02. The number of hydrogen-bond acceptors (Lipinski definition) is 2. The second-order valence-electron chi connectivity index (χ2n) is 4.02. The minimum atomic E-state index is -1.06. The van der Waals surface area contributed by atoms with Gasteiger partial charge in [-0.05, 0) is 37.5 Å². The van der Waals surface area contributed by atoms with Crippen LogP contribution in [-0.2, 0) is 4.79 Å². The van der Waals surface area contributed by atoms with Gasteiger partial charge in [-0.3, -0.25) is 0 Å². The summed E-state index contributed by atoms with van der Waals surface area (Å²) in [7, 11) is 0. The van der Waals surface area contributed by atoms with Gasteiger partial charge in [-0.25, -0.2) is 9.18 Å². The summed E-state index contributed by atoms with van der Waals surface area (Å²) in [6.07, 6.45) is 1.03. The molecule has 0 amide bonds. The summed E-state index contributed by atoms with van der Waals surface area (Å²) in [6, 6.07) is 4.41. The van der Waals surface area contributed by atoms with Crippen molar-refractivity contribution in [3.63, 3.8) is 0 Å². The third-order valence-corrected chi connectivity index (χ3v) is 2.45. The van der Waals surface area contributed by atoms with Crippen LogP contribution in [0.4, 0.5) is 4.39 Å². The zero-order valence-electron chi connectivity index (χ0n) is 10.1. The molecule has 17 heavy (non-hydrogen) atoms. The van der Waals surface area contributed by atoms with Crippen LogP contribution in [-0.4, -0.2) is 17.2 Å². The first-order valence-corrected chi connectivity index (χ1v) is 5.70. The molecule has 1 aromatic rings. The van der Waals surface area contributed by atoms with Gasteiger partial charge in [0.25, 0.3) is 0 Å². The molecule has 0 saturated carbocycles. The number of carbonyl (C=O) groups is 1. The van der Waals surface area contributed by atoms with Crippen LogP contribution in [0.5, 0.6) is 5.75 Å². The Kier molecular flexibility index (Phi) is 4.94. The van der Waals surface area contributed by atoms with E-state index in [-0.39, 0.29) is 5.75 Å². The minimum absolute atomic E-state index is 0.00787. The lowest BCUT2D eigenvalue weighted by Crippen LogP contribution is -2.27. The quantitative estimate of drug-likeness (QED) is 0.830. The zero-order chi connectivity index (χ0) is 12.8. The van der Waals surface area contributed by atoms with Crippen LogP contribution < -0.4 is 4.74 Å². The predicted molar refractivity (Wildman–Crippen MR) is 62.7 cm³/mol. The van der Waals surface area contributed by atoms with E-state index in [4.69, 9.17) is 9.84 Å². The summed E-state index contributed by atoms with van der Waals surface area (Å²) < 4.78 is 18.6. The van der Waals surface area contributed by atoms with E-state index >= 15 is 0 Å². The second kappa shape index (κ2) is 6.23. The molecule has 1 N–H and O–H groups in total. The highest BCUT2D eigenvalue weighted by Gasteiger charge is 2.20. The van der Waals surface area contributed by atoms with Crippen LogP contribution in [0.1, 0.15) is 31.7 Å². The molecule has 3 nitrogen and oxygen atoms in total. The Morgan fingerprint density at radius 1 is 1.53 bits per heavy atom. The average molecular weight is 240 g/mol. The number of hydrogen-bond donors (Lipinski definition) is 1. The summed E-state index contributed by atoms with van der Waals surface area (Å²) in [5.41, 5.74) is 0.834. The van der Waals surface area contributed by atoms with E-state index < -0.39 is 17.9 Å². The summed E-state index contributed by atoms with van der Waals surface area (Å²) in [4.78, 5) is 11.0. The lowest BCUT2D eigenvalue weighted by atomic mass is 10.1. The molecule has 0 aliphatic carbocycles. The normalized spacial score (nSPS) is 12.2. The van der Waals surface area contributed by atoms with Gasteiger partial charge in [-0.15, -0.1) is 0 Å². The van der Waals surface area contributed by atoms with Crippen LogP contribution in [0.2, 0.25) is 0 Å². The maximum absolute atomic E-state index is 13.4. The first-order chi connectivity index (χ1) is 8.04. The van der Waals surface area contributed by atoms with Gasteiger partial charge < -0.3 is 9.84 Å². The van der Waals surface area contributed by atoms with Crippen LogP contribution in [0.3, 0.4) is 0 Å². The predicted octanol–water partition coefficient (Wildman–Crippen LogP) is 3.16. The molecule has 0 fully saturated rings. The maximum atomic E-state index is 13.4. The third-order valence-electron chi connectivity index (χ3n) is 2.45. The highest BCUT2D eigenvalue weighted by atomic mass is 19.1. The van der Waals surface area contributed by atoms with Crippen molar-refractivity contribution in [2.24, 2.45) is 0 Å². The van der Waals surface area contributed by atoms with Crippen LogP contribution in [0.25, 0.3) is 0 Å². The third kappa shape index (κ3) is 4.06. The van der Waals surface area contributed by atoms with Gasteiger partial charge in [0.2, 0.25) is 0 Å². The first kappa shape index (κ1) is 13.5. The zero-order valence-corrected chi connectivity index (χ0v) is 10.1. The van der Waals surface area contributed by atoms with Gasteiger partial charge in [0.15, 0.2) is 17.7 Å². The SMILES string of the molecule is CCCCC(Oc1cc(C)ccc1F)C(=O)O. The molecule has 0 saturated heterocycles. The molecule has 0 aliphatic heterocycles. The number of carboxylic acids is 1. The number of rotatable bonds is 6. The van der Waals surface area contributed by atoms with Crippen molar-refractivity contribution >= 4 is 5.97 Å². The number of carboxylic acid groups (broad SMARTS) is 1. The summed E-state index contributed by atoms with van der Waals surface area (Å²) in [6.45, 7) is 3.76. The Hall–Kier alpha value is -1.58. The molecular weight excluding hydrogens is 223 g/mol. The standard InChI is InChI=1S/C13H17FO3/c1-3-4-5-11(13(15)16)17-12-8-9(2)6-7-10(12)14/h6-8,11H,3-5H2,1-2H3,(H,15,16). The van der Waals surface area contributed by atoms with Gasteiger partial charge in [0.1, 0.15) is 0 Å². The van der Waals surface area contributed by atoms with Crippen molar-refractivity contribution < 1.29 is 19.0 Å². The molecule has 94 valence electrons. The number of unbranched alkanes of at least 4 members (excludes halogenated alkanes) is 1. The molecule has 1 atom stereocenters. The van der Waals surface area contributed by atoms with Crippen molar-refractivity contribution in [3.05, 3.63) is 29.6 Å². The lowest BCUT2D eigenvalue weighted by molar-refractivity contribution is -0.145. The molecule has 0 spiro atoms. The molecule has 1 rings (SSSR count). The topological polar surface area (TPSA) is 46.5 Å². The Morgan fingerprint density at radius 2 is 2.24 bits per heavy atom. The van der Waals surface area contributed by atoms with Crippen molar-refractivity contribution in [2.75, 3.05) is 0 Å². The van der Waals surface area contributed by atoms with Gasteiger partial charge in [0.05, 0.1) is 0 Å². The minimum Gasteiger partial charge on any atom is -0.479 e. The Balaban J connectivity index is 2.78. The van der Waals surface area contributed by atoms with E-state index in [9.17, 15) is 9.18 Å². The summed E-state index contributed by atoms with van der Waals surface area (Å²) >= 11 is 0. The number of aliphatic carboxylic acids is 1. The largest absolute Gasteiger partial charge is 0.479 e. The fourth-order valence-electron chi connectivity index (χ4n) is 1.48. The molecule has 0 bridgehead atoms. The Labute approximate surface area is 100 Å². The number of halogens is 1. The van der Waals surface area contributed by atoms with E-state index in [1.165, 1.54) is 12.1 Å². The van der Waals surface area contributed by atoms with Crippen LogP contribution >= 0.6 is 0 Å². The van der Waals surface area contributed by atoms with Crippen LogP contribution in [0.15, 0.2) is 18.2 Å². The van der Waals surface area contributed by atoms with E-state index in [2.05, 4.69) is 0 Å². The average Bonchev–Trinajstić information content (AvgIpc) is 2.28. The van der Waals surface area contributed by atoms with Gasteiger partial charge in [-0.1, -0.05) is 19.4 Å². The Bertz CT molecular complexity index is 390. The fourth-order valence-corrected chi connectivity index (χ4v) is 1.48. The summed E-state index contributed by atoms with van der Waals surface area (Å²) in [5.74, 6) is -1.58. The van der Waals surface area contributed by atoms with Crippen LogP contribution in [0, 0.1) is 12.7 Å². The molecular formula is C13H17FO3. The van der Waals surface area contributed by atoms with Gasteiger partial charge in [0, 0.05) is 0 Å². The van der Waals surface area contributed by atoms with Crippen molar-refractivity contribution in [1.82, 2.24) is 0 Å². The fraction of sp³-hybridized carbons (Fsp3) is 0.462. The monoisotopic (exact) mass is 240 g/mol. The van der Waals surface area contributed by atoms with E-state index in [1.54, 1.807) is 13.0 Å². The molecule has 0 aromatic heterocycles. The molecule has 0 radical (unpaired) electrons. The molecule has 0 aliphatic rings. The van der Waals surface area contributed by atoms with Crippen molar-refractivity contribution in [2.45, 2.75) is 39.2 Å². The van der Waals surface area contributed by atoms with E-state index in [0.29, 0.717) is 6.42 Å². The first-order valence-electron chi connectivity index (χ1n) is 5.70. The molecule has 4 heteroatoms. The lowest BCUT2D eigenvalue weighted by Gasteiger charge is -2.15. The number of ether oxygens (including phenoxy) is 1. The van der Waals surface area contributed by atoms with Crippen molar-refractivity contribution in [1.29, 1.82) is 0 Å². The Morgan fingerprint density at radius 3 is 2.82 bits per heavy atom. The maximum Gasteiger partial charge on any atom is 0.344 e. The highest BCUT2D eigenvalue weighted by Crippen LogP contribution is 2.21. The summed E-state index contributed by atoms with van der Waals surface area (Å²) in [5, 5.41) is 8.97. The van der Waals surface area contributed by atoms with Gasteiger partial charge >= 0.3 is 5.97 Å². The van der Waals surface area contributed by atoms with E-state index in [0.717, 1.165) is 18.4 Å². The van der Waals surface area contributed by atoms with Crippen molar-refractivity contribution in [3.8, 4) is 5.75 Å². The highest BCUT2D eigenvalue weighted by molar-refractivity contribution is 5.72. The molecule has 0 heterocycles. The molecule has 1 aromatic carbocycles. The van der Waals surface area contributed by atoms with Gasteiger partial charge in [-0.2, -0.15) is 0 Å². The molecule has 1 unspecified atom stereocenters.